The van der Waals surface area contributed by atoms with E-state index in [0.29, 0.717) is 18.8 Å². The molecular formula is C23H26N2O3S2. The molecule has 3 aromatic rings. The van der Waals surface area contributed by atoms with Gasteiger partial charge < -0.3 is 14.4 Å². The van der Waals surface area contributed by atoms with Crippen molar-refractivity contribution >= 4 is 28.6 Å². The Bertz CT molecular complexity index is 1000. The molecule has 0 N–H and O–H groups in total. The first kappa shape index (κ1) is 20.9. The van der Waals surface area contributed by atoms with E-state index in [-0.39, 0.29) is 11.9 Å². The minimum Gasteiger partial charge on any atom is -0.493 e. The van der Waals surface area contributed by atoms with Crippen LogP contribution in [0.2, 0.25) is 0 Å². The van der Waals surface area contributed by atoms with Crippen LogP contribution in [-0.4, -0.2) is 50.1 Å². The lowest BCUT2D eigenvalue weighted by Crippen LogP contribution is -2.44. The van der Waals surface area contributed by atoms with E-state index in [0.717, 1.165) is 24.3 Å². The molecule has 0 bridgehead atoms. The zero-order valence-corrected chi connectivity index (χ0v) is 19.1. The number of ether oxygens (including phenoxy) is 2. The third-order valence-electron chi connectivity index (χ3n) is 5.43. The monoisotopic (exact) mass is 442 g/mol. The van der Waals surface area contributed by atoms with Gasteiger partial charge in [0.25, 0.3) is 0 Å². The minimum absolute atomic E-state index is 0.0206. The van der Waals surface area contributed by atoms with Crippen molar-refractivity contribution in [3.05, 3.63) is 68.0 Å². The van der Waals surface area contributed by atoms with Gasteiger partial charge in [0.2, 0.25) is 5.91 Å². The maximum atomic E-state index is 13.3. The fourth-order valence-electron chi connectivity index (χ4n) is 4.09. The van der Waals surface area contributed by atoms with Crippen LogP contribution >= 0.6 is 22.7 Å². The molecule has 7 heteroatoms. The molecular weight excluding hydrogens is 416 g/mol. The molecule has 5 nitrogen and oxygen atoms in total. The molecule has 1 aromatic carbocycles. The van der Waals surface area contributed by atoms with Crippen LogP contribution < -0.4 is 9.47 Å². The first-order chi connectivity index (χ1) is 14.6. The normalized spacial score (nSPS) is 15.9. The van der Waals surface area contributed by atoms with Crippen LogP contribution in [0.15, 0.2) is 47.2 Å². The molecule has 2 aromatic heterocycles. The topological polar surface area (TPSA) is 42.0 Å². The highest BCUT2D eigenvalue weighted by molar-refractivity contribution is 7.10. The van der Waals surface area contributed by atoms with Gasteiger partial charge >= 0.3 is 0 Å². The van der Waals surface area contributed by atoms with E-state index >= 15 is 0 Å². The van der Waals surface area contributed by atoms with Crippen LogP contribution in [0.4, 0.5) is 0 Å². The van der Waals surface area contributed by atoms with E-state index in [2.05, 4.69) is 29.0 Å². The number of thiophene rings is 2. The van der Waals surface area contributed by atoms with E-state index in [1.54, 1.807) is 36.9 Å². The van der Waals surface area contributed by atoms with Crippen molar-refractivity contribution in [2.75, 3.05) is 34.4 Å². The van der Waals surface area contributed by atoms with E-state index in [9.17, 15) is 4.79 Å². The lowest BCUT2D eigenvalue weighted by molar-refractivity contribution is -0.134. The molecule has 1 aliphatic rings. The predicted octanol–water partition coefficient (Wildman–Crippen LogP) is 4.43. The van der Waals surface area contributed by atoms with Gasteiger partial charge in [0, 0.05) is 28.4 Å². The smallest absolute Gasteiger partial charge is 0.237 e. The number of para-hydroxylation sites is 1. The zero-order valence-electron chi connectivity index (χ0n) is 17.5. The summed E-state index contributed by atoms with van der Waals surface area (Å²) in [5, 5.41) is 4.22. The van der Waals surface area contributed by atoms with Crippen LogP contribution in [0.3, 0.4) is 0 Å². The second-order valence-electron chi connectivity index (χ2n) is 7.38. The molecule has 3 heterocycles. The Balaban J connectivity index is 1.51. The number of nitrogens with zero attached hydrogens (tertiary/aromatic N) is 2. The Morgan fingerprint density at radius 2 is 2.00 bits per heavy atom. The largest absolute Gasteiger partial charge is 0.493 e. The summed E-state index contributed by atoms with van der Waals surface area (Å²) >= 11 is 3.51. The molecule has 0 spiro atoms. The van der Waals surface area contributed by atoms with Crippen molar-refractivity contribution in [3.63, 3.8) is 0 Å². The average Bonchev–Trinajstić information content (AvgIpc) is 3.44. The van der Waals surface area contributed by atoms with Gasteiger partial charge in [0.15, 0.2) is 11.5 Å². The van der Waals surface area contributed by atoms with Crippen molar-refractivity contribution in [2.24, 2.45) is 0 Å². The highest BCUT2D eigenvalue weighted by atomic mass is 32.1. The van der Waals surface area contributed by atoms with Crippen molar-refractivity contribution in [2.45, 2.75) is 19.0 Å². The summed E-state index contributed by atoms with van der Waals surface area (Å²) < 4.78 is 10.9. The molecule has 30 heavy (non-hydrogen) atoms. The Hall–Kier alpha value is -2.35. The van der Waals surface area contributed by atoms with Gasteiger partial charge in [-0.05, 0) is 48.0 Å². The molecule has 0 saturated carbocycles. The van der Waals surface area contributed by atoms with Gasteiger partial charge in [0.1, 0.15) is 0 Å². The second kappa shape index (κ2) is 9.20. The van der Waals surface area contributed by atoms with Crippen LogP contribution in [-0.2, 0) is 17.8 Å². The summed E-state index contributed by atoms with van der Waals surface area (Å²) in [5.74, 6) is 1.57. The molecule has 1 amide bonds. The molecule has 1 aliphatic heterocycles. The molecule has 0 radical (unpaired) electrons. The summed E-state index contributed by atoms with van der Waals surface area (Å²) in [6, 6.07) is 12.2. The number of amides is 1. The van der Waals surface area contributed by atoms with Crippen molar-refractivity contribution in [3.8, 4) is 11.5 Å². The number of methoxy groups -OCH3 is 2. The van der Waals surface area contributed by atoms with E-state index in [1.165, 1.54) is 15.3 Å². The van der Waals surface area contributed by atoms with E-state index in [1.807, 2.05) is 35.0 Å². The third kappa shape index (κ3) is 4.10. The van der Waals surface area contributed by atoms with Crippen LogP contribution in [0, 0.1) is 0 Å². The van der Waals surface area contributed by atoms with Gasteiger partial charge in [-0.15, -0.1) is 22.7 Å². The number of fused-ring (bicyclic) bond motifs is 1. The summed E-state index contributed by atoms with van der Waals surface area (Å²) in [5.41, 5.74) is 2.28. The van der Waals surface area contributed by atoms with Gasteiger partial charge in [-0.2, -0.15) is 0 Å². The fraction of sp³-hybridized carbons (Fsp3) is 0.348. The molecule has 0 saturated heterocycles. The number of carbonyl (C=O) groups is 1. The minimum atomic E-state index is 0.0206. The van der Waals surface area contributed by atoms with Crippen molar-refractivity contribution in [1.82, 2.24) is 9.80 Å². The number of hydrogen-bond acceptors (Lipinski definition) is 6. The lowest BCUT2D eigenvalue weighted by atomic mass is 9.98. The summed E-state index contributed by atoms with van der Waals surface area (Å²) in [6.45, 7) is 1.71. The van der Waals surface area contributed by atoms with Crippen LogP contribution in [0.1, 0.15) is 26.9 Å². The highest BCUT2D eigenvalue weighted by Gasteiger charge is 2.33. The molecule has 0 aliphatic carbocycles. The van der Waals surface area contributed by atoms with Gasteiger partial charge in [0.05, 0.1) is 26.8 Å². The Labute approximate surface area is 185 Å². The third-order valence-corrected chi connectivity index (χ3v) is 7.35. The standard InChI is InChI=1S/C23H26N2O3S2/c1-24(14-16-6-4-7-18(27-2)23(16)28-3)15-21(26)25-11-9-19-17(10-13-30-19)22(25)20-8-5-12-29-20/h4-8,10,12-13,22H,9,11,14-15H2,1-3H3. The molecule has 1 atom stereocenters. The van der Waals surface area contributed by atoms with Gasteiger partial charge in [-0.1, -0.05) is 18.2 Å². The Morgan fingerprint density at radius 3 is 2.73 bits per heavy atom. The maximum absolute atomic E-state index is 13.3. The summed E-state index contributed by atoms with van der Waals surface area (Å²) in [7, 11) is 5.25. The number of benzene rings is 1. The summed E-state index contributed by atoms with van der Waals surface area (Å²) in [6.07, 6.45) is 0.925. The number of carbonyl (C=O) groups excluding carboxylic acids is 1. The SMILES string of the molecule is COc1cccc(CN(C)CC(=O)N2CCc3sccc3C2c2cccs2)c1OC. The van der Waals surface area contributed by atoms with Crippen LogP contribution in [0.25, 0.3) is 0 Å². The number of rotatable bonds is 7. The van der Waals surface area contributed by atoms with E-state index < -0.39 is 0 Å². The molecule has 158 valence electrons. The number of hydrogen-bond donors (Lipinski definition) is 0. The average molecular weight is 443 g/mol. The van der Waals surface area contributed by atoms with Crippen molar-refractivity contribution in [1.29, 1.82) is 0 Å². The molecule has 4 rings (SSSR count). The highest BCUT2D eigenvalue weighted by Crippen LogP contribution is 2.39. The Morgan fingerprint density at radius 1 is 1.13 bits per heavy atom. The predicted molar refractivity (Wildman–Crippen MR) is 122 cm³/mol. The van der Waals surface area contributed by atoms with Crippen molar-refractivity contribution < 1.29 is 14.3 Å². The van der Waals surface area contributed by atoms with Gasteiger partial charge in [-0.25, -0.2) is 0 Å². The quantitative estimate of drug-likeness (QED) is 0.543. The molecule has 0 fully saturated rings. The fourth-order valence-corrected chi connectivity index (χ4v) is 5.84. The van der Waals surface area contributed by atoms with E-state index in [4.69, 9.17) is 9.47 Å². The lowest BCUT2D eigenvalue weighted by Gasteiger charge is -2.36. The maximum Gasteiger partial charge on any atom is 0.237 e. The molecule has 1 unspecified atom stereocenters. The van der Waals surface area contributed by atoms with Crippen LogP contribution in [0.5, 0.6) is 11.5 Å². The van der Waals surface area contributed by atoms with Gasteiger partial charge in [-0.3, -0.25) is 9.69 Å². The second-order valence-corrected chi connectivity index (χ2v) is 9.36. The number of likely N-dealkylation sites (N-methyl/N-ethyl adjacent to an activating group) is 1. The first-order valence-electron chi connectivity index (χ1n) is 9.90. The zero-order chi connectivity index (χ0) is 21.1. The first-order valence-corrected chi connectivity index (χ1v) is 11.7. The summed E-state index contributed by atoms with van der Waals surface area (Å²) in [4.78, 5) is 20.0. The Kier molecular flexibility index (Phi) is 6.41.